The van der Waals surface area contributed by atoms with Crippen molar-refractivity contribution >= 4 is 17.2 Å². The van der Waals surface area contributed by atoms with E-state index in [0.29, 0.717) is 18.2 Å². The number of benzene rings is 1. The first-order valence-corrected chi connectivity index (χ1v) is 8.44. The molecular formula is C17H20FN2OS+. The van der Waals surface area contributed by atoms with E-state index in [4.69, 9.17) is 0 Å². The molecule has 0 saturated carbocycles. The second-order valence-corrected chi connectivity index (χ2v) is 6.72. The van der Waals surface area contributed by atoms with E-state index < -0.39 is 0 Å². The Kier molecular flexibility index (Phi) is 4.55. The van der Waals surface area contributed by atoms with Gasteiger partial charge in [0.2, 0.25) is 0 Å². The third-order valence-electron chi connectivity index (χ3n) is 4.35. The van der Waals surface area contributed by atoms with E-state index in [9.17, 15) is 9.18 Å². The van der Waals surface area contributed by atoms with Gasteiger partial charge in [0.05, 0.1) is 6.54 Å². The smallest absolute Gasteiger partial charge is 0.275 e. The van der Waals surface area contributed by atoms with Crippen molar-refractivity contribution < 1.29 is 14.1 Å². The van der Waals surface area contributed by atoms with Gasteiger partial charge in [-0.3, -0.25) is 4.79 Å². The first-order chi connectivity index (χ1) is 10.6. The van der Waals surface area contributed by atoms with Crippen LogP contribution in [0.25, 0.3) is 0 Å². The molecule has 0 bridgehead atoms. The molecule has 0 radical (unpaired) electrons. The number of thiophene rings is 1. The lowest BCUT2D eigenvalue weighted by atomic mass is 10.0. The van der Waals surface area contributed by atoms with Crippen LogP contribution in [0.2, 0.25) is 0 Å². The highest BCUT2D eigenvalue weighted by Gasteiger charge is 2.29. The number of carbonyl (C=O) groups excluding carboxylic acids is 1. The van der Waals surface area contributed by atoms with E-state index in [0.717, 1.165) is 13.0 Å². The van der Waals surface area contributed by atoms with Gasteiger partial charge in [-0.1, -0.05) is 18.2 Å². The minimum absolute atomic E-state index is 0.0243. The Morgan fingerprint density at radius 3 is 3.05 bits per heavy atom. The van der Waals surface area contributed by atoms with Gasteiger partial charge in [0.25, 0.3) is 5.91 Å². The lowest BCUT2D eigenvalue weighted by Crippen LogP contribution is -3.14. The van der Waals surface area contributed by atoms with Gasteiger partial charge in [-0.15, -0.1) is 11.3 Å². The van der Waals surface area contributed by atoms with E-state index in [1.54, 1.807) is 29.5 Å². The molecule has 1 aromatic heterocycles. The number of hydrogen-bond donors (Lipinski definition) is 2. The summed E-state index contributed by atoms with van der Waals surface area (Å²) >= 11 is 1.80. The van der Waals surface area contributed by atoms with E-state index in [1.165, 1.54) is 21.4 Å². The maximum absolute atomic E-state index is 13.5. The summed E-state index contributed by atoms with van der Waals surface area (Å²) in [6.07, 6.45) is 1.03. The fraction of sp³-hybridized carbons (Fsp3) is 0.353. The Morgan fingerprint density at radius 2 is 2.23 bits per heavy atom. The lowest BCUT2D eigenvalue weighted by molar-refractivity contribution is -0.924. The predicted octanol–water partition coefficient (Wildman–Crippen LogP) is 1.71. The van der Waals surface area contributed by atoms with Crippen LogP contribution < -0.4 is 10.2 Å². The number of hydrogen-bond acceptors (Lipinski definition) is 2. The number of rotatable bonds is 4. The maximum atomic E-state index is 13.5. The summed E-state index contributed by atoms with van der Waals surface area (Å²) < 4.78 is 13.5. The van der Waals surface area contributed by atoms with Gasteiger partial charge in [0.1, 0.15) is 11.9 Å². The summed E-state index contributed by atoms with van der Waals surface area (Å²) in [6, 6.07) is 9.05. The third kappa shape index (κ3) is 3.20. The number of carbonyl (C=O) groups is 1. The van der Waals surface area contributed by atoms with E-state index >= 15 is 0 Å². The number of amides is 1. The molecule has 0 saturated heterocycles. The number of nitrogens with one attached hydrogen (secondary N) is 2. The van der Waals surface area contributed by atoms with Gasteiger partial charge in [-0.2, -0.15) is 0 Å². The second kappa shape index (κ2) is 6.58. The highest BCUT2D eigenvalue weighted by molar-refractivity contribution is 7.10. The first-order valence-electron chi connectivity index (χ1n) is 7.56. The maximum Gasteiger partial charge on any atom is 0.275 e. The second-order valence-electron chi connectivity index (χ2n) is 5.72. The molecule has 1 amide bonds. The molecule has 0 fully saturated rings. The summed E-state index contributed by atoms with van der Waals surface area (Å²) in [5.41, 5.74) is 1.89. The van der Waals surface area contributed by atoms with Crippen LogP contribution in [0.3, 0.4) is 0 Å². The van der Waals surface area contributed by atoms with Gasteiger partial charge in [-0.25, -0.2) is 4.39 Å². The van der Waals surface area contributed by atoms with Crippen LogP contribution in [-0.4, -0.2) is 19.0 Å². The topological polar surface area (TPSA) is 33.5 Å². The minimum Gasteiger partial charge on any atom is -0.347 e. The van der Waals surface area contributed by atoms with Crippen LogP contribution in [0.5, 0.6) is 0 Å². The molecule has 3 nitrogen and oxygen atoms in total. The molecule has 2 N–H and O–H groups in total. The van der Waals surface area contributed by atoms with Gasteiger partial charge in [0, 0.05) is 29.0 Å². The molecule has 1 aliphatic rings. The van der Waals surface area contributed by atoms with Crippen molar-refractivity contribution in [3.05, 3.63) is 57.5 Å². The van der Waals surface area contributed by atoms with Crippen LogP contribution in [0.1, 0.15) is 29.0 Å². The standard InChI is InChI=1S/C17H19FN2OS/c1-12-14-7-9-22-16(14)6-8-20(12)11-17(21)19-10-13-4-2-3-5-15(13)18/h2-5,7,9,12H,6,8,10-11H2,1H3,(H,19,21)/p+1/t12-/m0/s1. The highest BCUT2D eigenvalue weighted by Crippen LogP contribution is 2.24. The minimum atomic E-state index is -0.274. The zero-order chi connectivity index (χ0) is 15.5. The quantitative estimate of drug-likeness (QED) is 0.884. The van der Waals surface area contributed by atoms with Crippen molar-refractivity contribution in [3.8, 4) is 0 Å². The summed E-state index contributed by atoms with van der Waals surface area (Å²) in [5, 5.41) is 4.96. The van der Waals surface area contributed by atoms with Crippen molar-refractivity contribution in [1.82, 2.24) is 5.32 Å². The highest BCUT2D eigenvalue weighted by atomic mass is 32.1. The summed E-state index contributed by atoms with van der Waals surface area (Å²) in [4.78, 5) is 14.9. The molecule has 22 heavy (non-hydrogen) atoms. The van der Waals surface area contributed by atoms with Crippen molar-refractivity contribution in [3.63, 3.8) is 0 Å². The van der Waals surface area contributed by atoms with Crippen molar-refractivity contribution in [2.75, 3.05) is 13.1 Å². The molecule has 1 unspecified atom stereocenters. The zero-order valence-electron chi connectivity index (χ0n) is 12.6. The SMILES string of the molecule is C[C@H]1c2ccsc2CC[NH+]1CC(=O)NCc1ccccc1F. The van der Waals surface area contributed by atoms with Gasteiger partial charge in [0.15, 0.2) is 6.54 Å². The molecule has 0 spiro atoms. The van der Waals surface area contributed by atoms with Crippen molar-refractivity contribution in [1.29, 1.82) is 0 Å². The Labute approximate surface area is 133 Å². The molecule has 2 heterocycles. The molecule has 2 atom stereocenters. The van der Waals surface area contributed by atoms with Crippen LogP contribution in [0.15, 0.2) is 35.7 Å². The Bertz CT molecular complexity index is 670. The van der Waals surface area contributed by atoms with E-state index in [-0.39, 0.29) is 18.3 Å². The summed E-state index contributed by atoms with van der Waals surface area (Å²) in [6.45, 7) is 3.83. The number of fused-ring (bicyclic) bond motifs is 1. The van der Waals surface area contributed by atoms with Gasteiger partial charge < -0.3 is 10.2 Å². The number of halogens is 1. The fourth-order valence-corrected chi connectivity index (χ4v) is 3.98. The van der Waals surface area contributed by atoms with Crippen molar-refractivity contribution in [2.24, 2.45) is 0 Å². The first kappa shape index (κ1) is 15.2. The van der Waals surface area contributed by atoms with Crippen LogP contribution in [0, 0.1) is 5.82 Å². The monoisotopic (exact) mass is 319 g/mol. The molecule has 3 rings (SSSR count). The molecule has 0 aliphatic carbocycles. The van der Waals surface area contributed by atoms with Crippen LogP contribution in [0.4, 0.5) is 4.39 Å². The Morgan fingerprint density at radius 1 is 1.41 bits per heavy atom. The molecule has 5 heteroatoms. The van der Waals surface area contributed by atoms with E-state index in [1.807, 2.05) is 0 Å². The molecular weight excluding hydrogens is 299 g/mol. The average Bonchev–Trinajstić information content (AvgIpc) is 2.99. The zero-order valence-corrected chi connectivity index (χ0v) is 13.4. The fourth-order valence-electron chi connectivity index (χ4n) is 3.00. The average molecular weight is 319 g/mol. The predicted molar refractivity (Wildman–Crippen MR) is 85.4 cm³/mol. The third-order valence-corrected chi connectivity index (χ3v) is 5.35. The largest absolute Gasteiger partial charge is 0.347 e. The molecule has 1 aromatic carbocycles. The lowest BCUT2D eigenvalue weighted by Gasteiger charge is -2.29. The number of quaternary nitrogens is 1. The van der Waals surface area contributed by atoms with Gasteiger partial charge in [-0.05, 0) is 24.4 Å². The van der Waals surface area contributed by atoms with Crippen LogP contribution in [-0.2, 0) is 17.8 Å². The summed E-state index contributed by atoms with van der Waals surface area (Å²) in [7, 11) is 0. The summed E-state index contributed by atoms with van der Waals surface area (Å²) in [5.74, 6) is -0.298. The van der Waals surface area contributed by atoms with E-state index in [2.05, 4.69) is 23.7 Å². The Balaban J connectivity index is 1.55. The molecule has 116 valence electrons. The van der Waals surface area contributed by atoms with Gasteiger partial charge >= 0.3 is 0 Å². The molecule has 1 aliphatic heterocycles. The van der Waals surface area contributed by atoms with Crippen molar-refractivity contribution in [2.45, 2.75) is 25.9 Å². The Hall–Kier alpha value is -1.72. The van der Waals surface area contributed by atoms with Crippen LogP contribution >= 0.6 is 11.3 Å². The normalized spacial score (nSPS) is 20.5. The molecule has 2 aromatic rings.